The molecule has 0 radical (unpaired) electrons. The second-order valence-electron chi connectivity index (χ2n) is 5.66. The third-order valence-electron chi connectivity index (χ3n) is 4.15. The molecule has 0 bridgehead atoms. The molecular weight excluding hydrogens is 286 g/mol. The number of hydrogen-bond acceptors (Lipinski definition) is 5. The Morgan fingerprint density at radius 2 is 2.14 bits per heavy atom. The van der Waals surface area contributed by atoms with Crippen LogP contribution in [0, 0.1) is 19.8 Å². The summed E-state index contributed by atoms with van der Waals surface area (Å²) in [5.74, 6) is 1.39. The molecule has 114 valence electrons. The van der Waals surface area contributed by atoms with Crippen molar-refractivity contribution >= 4 is 21.6 Å². The number of nitrogens with one attached hydrogen (secondary N) is 2. The summed E-state index contributed by atoms with van der Waals surface area (Å²) in [7, 11) is 0. The van der Waals surface area contributed by atoms with Crippen LogP contribution < -0.4 is 10.9 Å². The van der Waals surface area contributed by atoms with E-state index in [1.807, 2.05) is 13.8 Å². The summed E-state index contributed by atoms with van der Waals surface area (Å²) in [4.78, 5) is 21.6. The van der Waals surface area contributed by atoms with Gasteiger partial charge < -0.3 is 15.0 Å². The highest BCUT2D eigenvalue weighted by Crippen LogP contribution is 2.25. The monoisotopic (exact) mass is 307 g/mol. The Morgan fingerprint density at radius 1 is 1.38 bits per heavy atom. The Labute approximate surface area is 127 Å². The maximum Gasteiger partial charge on any atom is 0.259 e. The molecule has 2 aromatic rings. The van der Waals surface area contributed by atoms with Gasteiger partial charge in [-0.2, -0.15) is 0 Å². The standard InChI is InChI=1S/C15H21N3O2S/c1-9-10(2)21-15-13(9)14(19)17-12(18-15)8-16-7-11-3-5-20-6-4-11/h11,16H,3-8H2,1-2H3,(H,17,18,19). The molecule has 3 heterocycles. The number of ether oxygens (including phenoxy) is 1. The van der Waals surface area contributed by atoms with Crippen molar-refractivity contribution in [3.63, 3.8) is 0 Å². The van der Waals surface area contributed by atoms with E-state index >= 15 is 0 Å². The largest absolute Gasteiger partial charge is 0.381 e. The van der Waals surface area contributed by atoms with Crippen LogP contribution in [-0.4, -0.2) is 29.7 Å². The van der Waals surface area contributed by atoms with Crippen LogP contribution in [0.15, 0.2) is 4.79 Å². The number of rotatable bonds is 4. The van der Waals surface area contributed by atoms with Gasteiger partial charge in [-0.15, -0.1) is 11.3 Å². The predicted molar refractivity (Wildman–Crippen MR) is 85.0 cm³/mol. The smallest absolute Gasteiger partial charge is 0.259 e. The summed E-state index contributed by atoms with van der Waals surface area (Å²) in [5, 5.41) is 4.14. The van der Waals surface area contributed by atoms with E-state index in [1.54, 1.807) is 11.3 Å². The van der Waals surface area contributed by atoms with Gasteiger partial charge in [0.25, 0.3) is 5.56 Å². The molecule has 3 rings (SSSR count). The second-order valence-corrected chi connectivity index (χ2v) is 6.87. The van der Waals surface area contributed by atoms with Gasteiger partial charge in [-0.05, 0) is 44.7 Å². The van der Waals surface area contributed by atoms with E-state index in [4.69, 9.17) is 4.74 Å². The minimum absolute atomic E-state index is 0.0234. The van der Waals surface area contributed by atoms with E-state index in [0.717, 1.165) is 59.1 Å². The number of fused-ring (bicyclic) bond motifs is 1. The van der Waals surface area contributed by atoms with E-state index in [2.05, 4.69) is 15.3 Å². The number of hydrogen-bond donors (Lipinski definition) is 2. The molecule has 1 saturated heterocycles. The molecule has 1 aliphatic heterocycles. The fraction of sp³-hybridized carbons (Fsp3) is 0.600. The van der Waals surface area contributed by atoms with E-state index in [1.165, 1.54) is 0 Å². The molecule has 0 aromatic carbocycles. The first kappa shape index (κ1) is 14.7. The minimum atomic E-state index is -0.0234. The maximum absolute atomic E-state index is 12.2. The van der Waals surface area contributed by atoms with Crippen molar-refractivity contribution in [1.29, 1.82) is 0 Å². The minimum Gasteiger partial charge on any atom is -0.381 e. The number of thiophene rings is 1. The van der Waals surface area contributed by atoms with Gasteiger partial charge in [0.15, 0.2) is 0 Å². The van der Waals surface area contributed by atoms with Gasteiger partial charge in [0, 0.05) is 18.1 Å². The average Bonchev–Trinajstić information content (AvgIpc) is 2.75. The fourth-order valence-electron chi connectivity index (χ4n) is 2.73. The molecule has 0 spiro atoms. The summed E-state index contributed by atoms with van der Waals surface area (Å²) in [6, 6.07) is 0. The van der Waals surface area contributed by atoms with Gasteiger partial charge in [-0.25, -0.2) is 4.98 Å². The normalized spacial score (nSPS) is 16.7. The molecule has 2 aromatic heterocycles. The van der Waals surface area contributed by atoms with Crippen molar-refractivity contribution in [1.82, 2.24) is 15.3 Å². The Bertz CT molecular complexity index is 686. The van der Waals surface area contributed by atoms with Gasteiger partial charge in [0.1, 0.15) is 10.7 Å². The Kier molecular flexibility index (Phi) is 4.37. The highest BCUT2D eigenvalue weighted by Gasteiger charge is 2.14. The van der Waals surface area contributed by atoms with Gasteiger partial charge in [0.05, 0.1) is 11.9 Å². The summed E-state index contributed by atoms with van der Waals surface area (Å²) < 4.78 is 5.36. The van der Waals surface area contributed by atoms with E-state index < -0.39 is 0 Å². The summed E-state index contributed by atoms with van der Waals surface area (Å²) in [6.07, 6.45) is 2.22. The molecular formula is C15H21N3O2S. The van der Waals surface area contributed by atoms with Crippen molar-refractivity contribution in [2.24, 2.45) is 5.92 Å². The highest BCUT2D eigenvalue weighted by molar-refractivity contribution is 7.18. The molecule has 0 atom stereocenters. The second kappa shape index (κ2) is 6.25. The number of aromatic nitrogens is 2. The molecule has 1 aliphatic rings. The SMILES string of the molecule is Cc1sc2nc(CNCC3CCOCC3)[nH]c(=O)c2c1C. The van der Waals surface area contributed by atoms with Crippen molar-refractivity contribution < 1.29 is 4.74 Å². The first-order valence-corrected chi connectivity index (χ1v) is 8.24. The first-order chi connectivity index (χ1) is 10.1. The summed E-state index contributed by atoms with van der Waals surface area (Å²) >= 11 is 1.59. The summed E-state index contributed by atoms with van der Waals surface area (Å²) in [5.41, 5.74) is 1.02. The molecule has 6 heteroatoms. The summed E-state index contributed by atoms with van der Waals surface area (Å²) in [6.45, 7) is 7.30. The number of aryl methyl sites for hydroxylation is 2. The van der Waals surface area contributed by atoms with Crippen LogP contribution in [0.1, 0.15) is 29.1 Å². The number of nitrogens with zero attached hydrogens (tertiary/aromatic N) is 1. The molecule has 2 N–H and O–H groups in total. The van der Waals surface area contributed by atoms with Crippen LogP contribution in [0.4, 0.5) is 0 Å². The van der Waals surface area contributed by atoms with Gasteiger partial charge in [-0.1, -0.05) is 0 Å². The lowest BCUT2D eigenvalue weighted by molar-refractivity contribution is 0.0662. The molecule has 0 saturated carbocycles. The van der Waals surface area contributed by atoms with Crippen LogP contribution >= 0.6 is 11.3 Å². The van der Waals surface area contributed by atoms with Gasteiger partial charge in [0.2, 0.25) is 0 Å². The van der Waals surface area contributed by atoms with E-state index in [-0.39, 0.29) is 5.56 Å². The van der Waals surface area contributed by atoms with Crippen LogP contribution in [0.2, 0.25) is 0 Å². The zero-order valence-corrected chi connectivity index (χ0v) is 13.3. The molecule has 0 aliphatic carbocycles. The molecule has 0 unspecified atom stereocenters. The zero-order chi connectivity index (χ0) is 14.8. The van der Waals surface area contributed by atoms with E-state index in [0.29, 0.717) is 12.5 Å². The van der Waals surface area contributed by atoms with Crippen molar-refractivity contribution in [3.8, 4) is 0 Å². The third-order valence-corrected chi connectivity index (χ3v) is 5.26. The Balaban J connectivity index is 1.68. The topological polar surface area (TPSA) is 67.0 Å². The molecule has 5 nitrogen and oxygen atoms in total. The molecule has 0 amide bonds. The maximum atomic E-state index is 12.2. The Morgan fingerprint density at radius 3 is 2.90 bits per heavy atom. The van der Waals surface area contributed by atoms with Crippen LogP contribution in [0.3, 0.4) is 0 Å². The van der Waals surface area contributed by atoms with Crippen LogP contribution in [0.25, 0.3) is 10.2 Å². The lowest BCUT2D eigenvalue weighted by Crippen LogP contribution is -2.28. The van der Waals surface area contributed by atoms with Crippen LogP contribution in [0.5, 0.6) is 0 Å². The lowest BCUT2D eigenvalue weighted by Gasteiger charge is -2.22. The fourth-order valence-corrected chi connectivity index (χ4v) is 3.78. The lowest BCUT2D eigenvalue weighted by atomic mass is 10.0. The van der Waals surface area contributed by atoms with Gasteiger partial charge in [-0.3, -0.25) is 4.79 Å². The number of H-pyrrole nitrogens is 1. The first-order valence-electron chi connectivity index (χ1n) is 7.42. The van der Waals surface area contributed by atoms with Gasteiger partial charge >= 0.3 is 0 Å². The van der Waals surface area contributed by atoms with Crippen molar-refractivity contribution in [3.05, 3.63) is 26.6 Å². The van der Waals surface area contributed by atoms with Crippen LogP contribution in [-0.2, 0) is 11.3 Å². The van der Waals surface area contributed by atoms with Crippen molar-refractivity contribution in [2.45, 2.75) is 33.2 Å². The van der Waals surface area contributed by atoms with Crippen molar-refractivity contribution in [2.75, 3.05) is 19.8 Å². The Hall–Kier alpha value is -1.24. The third kappa shape index (κ3) is 3.17. The average molecular weight is 307 g/mol. The van der Waals surface area contributed by atoms with E-state index in [9.17, 15) is 4.79 Å². The predicted octanol–water partition coefficient (Wildman–Crippen LogP) is 2.12. The highest BCUT2D eigenvalue weighted by atomic mass is 32.1. The number of aromatic amines is 1. The quantitative estimate of drug-likeness (QED) is 0.908. The molecule has 1 fully saturated rings. The zero-order valence-electron chi connectivity index (χ0n) is 12.5. The molecule has 21 heavy (non-hydrogen) atoms.